The summed E-state index contributed by atoms with van der Waals surface area (Å²) >= 11 is 2.13. The highest BCUT2D eigenvalue weighted by Gasteiger charge is 2.09. The van der Waals surface area contributed by atoms with Crippen LogP contribution >= 0.6 is 22.6 Å². The molecule has 17 heavy (non-hydrogen) atoms. The zero-order valence-electron chi connectivity index (χ0n) is 8.90. The van der Waals surface area contributed by atoms with E-state index < -0.39 is 11.9 Å². The first-order valence-corrected chi connectivity index (χ1v) is 5.84. The number of amides is 1. The monoisotopic (exact) mass is 343 g/mol. The van der Waals surface area contributed by atoms with Crippen molar-refractivity contribution in [3.63, 3.8) is 0 Å². The molecule has 0 saturated carbocycles. The lowest BCUT2D eigenvalue weighted by molar-refractivity contribution is -0.123. The molecule has 1 aromatic carbocycles. The smallest absolute Gasteiger partial charge is 0.338 e. The van der Waals surface area contributed by atoms with Gasteiger partial charge in [0, 0.05) is 3.57 Å². The molecule has 1 amide bonds. The molecule has 1 N–H and O–H groups in total. The van der Waals surface area contributed by atoms with Crippen LogP contribution in [0.15, 0.2) is 24.3 Å². The maximum atomic E-state index is 11.5. The minimum absolute atomic E-state index is 0.125. The summed E-state index contributed by atoms with van der Waals surface area (Å²) in [6.07, 6.45) is 4.96. The molecule has 1 aromatic rings. The number of terminal acetylenes is 1. The third-order valence-electron chi connectivity index (χ3n) is 1.80. The number of rotatable bonds is 4. The van der Waals surface area contributed by atoms with Crippen LogP contribution in [0.4, 0.5) is 0 Å². The predicted molar refractivity (Wildman–Crippen MR) is 71.3 cm³/mol. The van der Waals surface area contributed by atoms with Crippen LogP contribution in [0.5, 0.6) is 0 Å². The highest BCUT2D eigenvalue weighted by molar-refractivity contribution is 14.1. The summed E-state index contributed by atoms with van der Waals surface area (Å²) in [5.41, 5.74) is 0.412. The zero-order valence-corrected chi connectivity index (χ0v) is 11.1. The van der Waals surface area contributed by atoms with E-state index in [0.717, 1.165) is 3.57 Å². The third kappa shape index (κ3) is 4.87. The van der Waals surface area contributed by atoms with Crippen LogP contribution in [-0.2, 0) is 9.53 Å². The van der Waals surface area contributed by atoms with Gasteiger partial charge in [-0.25, -0.2) is 4.79 Å². The van der Waals surface area contributed by atoms with Crippen LogP contribution in [0.2, 0.25) is 0 Å². The van der Waals surface area contributed by atoms with Gasteiger partial charge < -0.3 is 10.1 Å². The molecule has 0 aromatic heterocycles. The molecule has 0 bridgehead atoms. The summed E-state index contributed by atoms with van der Waals surface area (Å²) in [5.74, 6) is 1.31. The number of carbonyl (C=O) groups excluding carboxylic acids is 2. The van der Waals surface area contributed by atoms with Crippen molar-refractivity contribution < 1.29 is 14.3 Å². The lowest BCUT2D eigenvalue weighted by Gasteiger charge is -2.04. The lowest BCUT2D eigenvalue weighted by atomic mass is 10.2. The minimum atomic E-state index is -0.530. The molecule has 0 spiro atoms. The van der Waals surface area contributed by atoms with Crippen molar-refractivity contribution >= 4 is 34.5 Å². The fourth-order valence-electron chi connectivity index (χ4n) is 1.00. The van der Waals surface area contributed by atoms with Gasteiger partial charge in [0.2, 0.25) is 0 Å². The van der Waals surface area contributed by atoms with Crippen molar-refractivity contribution in [2.45, 2.75) is 0 Å². The summed E-state index contributed by atoms with van der Waals surface area (Å²) in [6.45, 7) is -0.202. The van der Waals surface area contributed by atoms with Crippen LogP contribution < -0.4 is 5.32 Å². The van der Waals surface area contributed by atoms with Gasteiger partial charge in [0.15, 0.2) is 6.61 Å². The molecule has 0 aliphatic carbocycles. The van der Waals surface area contributed by atoms with E-state index >= 15 is 0 Å². The van der Waals surface area contributed by atoms with E-state index in [9.17, 15) is 9.59 Å². The van der Waals surface area contributed by atoms with Gasteiger partial charge in [0.25, 0.3) is 5.91 Å². The third-order valence-corrected chi connectivity index (χ3v) is 2.52. The van der Waals surface area contributed by atoms with Crippen LogP contribution in [0.1, 0.15) is 10.4 Å². The van der Waals surface area contributed by atoms with Crippen molar-refractivity contribution in [3.8, 4) is 12.3 Å². The Morgan fingerprint density at radius 1 is 1.35 bits per heavy atom. The number of nitrogens with one attached hydrogen (secondary N) is 1. The van der Waals surface area contributed by atoms with Gasteiger partial charge in [-0.3, -0.25) is 4.79 Å². The molecule has 0 radical (unpaired) electrons. The largest absolute Gasteiger partial charge is 0.452 e. The van der Waals surface area contributed by atoms with Gasteiger partial charge in [0.1, 0.15) is 0 Å². The maximum Gasteiger partial charge on any atom is 0.338 e. The summed E-state index contributed by atoms with van der Waals surface area (Å²) in [6, 6.07) is 6.86. The first-order valence-electron chi connectivity index (χ1n) is 4.76. The Balaban J connectivity index is 2.42. The van der Waals surface area contributed by atoms with E-state index in [1.807, 2.05) is 0 Å². The molecule has 1 rings (SSSR count). The SMILES string of the molecule is C#CCNC(=O)COC(=O)c1ccc(I)cc1. The van der Waals surface area contributed by atoms with Gasteiger partial charge in [-0.15, -0.1) is 6.42 Å². The minimum Gasteiger partial charge on any atom is -0.452 e. The number of carbonyl (C=O) groups is 2. The Labute approximate surface area is 113 Å². The van der Waals surface area contributed by atoms with Crippen molar-refractivity contribution in [2.24, 2.45) is 0 Å². The molecule has 0 aliphatic rings. The molecule has 0 fully saturated rings. The van der Waals surface area contributed by atoms with Crippen LogP contribution in [0.3, 0.4) is 0 Å². The standard InChI is InChI=1S/C12H10INO3/c1-2-7-14-11(15)8-17-12(16)9-3-5-10(13)6-4-9/h1,3-6H,7-8H2,(H,14,15). The molecular formula is C12H10INO3. The summed E-state index contributed by atoms with van der Waals surface area (Å²) in [7, 11) is 0. The van der Waals surface area contributed by atoms with E-state index in [0.29, 0.717) is 5.56 Å². The molecule has 0 atom stereocenters. The number of halogens is 1. The Morgan fingerprint density at radius 3 is 2.59 bits per heavy atom. The Morgan fingerprint density at radius 2 is 2.00 bits per heavy atom. The van der Waals surface area contributed by atoms with Crippen molar-refractivity contribution in [3.05, 3.63) is 33.4 Å². The fraction of sp³-hybridized carbons (Fsp3) is 0.167. The van der Waals surface area contributed by atoms with E-state index in [2.05, 4.69) is 33.8 Å². The lowest BCUT2D eigenvalue weighted by Crippen LogP contribution is -2.28. The van der Waals surface area contributed by atoms with Crippen LogP contribution in [-0.4, -0.2) is 25.0 Å². The van der Waals surface area contributed by atoms with Crippen molar-refractivity contribution in [2.75, 3.05) is 13.2 Å². The zero-order chi connectivity index (χ0) is 12.7. The number of hydrogen-bond acceptors (Lipinski definition) is 3. The highest BCUT2D eigenvalue weighted by Crippen LogP contribution is 2.07. The fourth-order valence-corrected chi connectivity index (χ4v) is 1.36. The average molecular weight is 343 g/mol. The van der Waals surface area contributed by atoms with E-state index in [1.54, 1.807) is 24.3 Å². The number of ether oxygens (including phenoxy) is 1. The van der Waals surface area contributed by atoms with Crippen LogP contribution in [0, 0.1) is 15.9 Å². The van der Waals surface area contributed by atoms with E-state index in [4.69, 9.17) is 11.2 Å². The molecule has 0 heterocycles. The number of benzene rings is 1. The van der Waals surface area contributed by atoms with E-state index in [-0.39, 0.29) is 13.2 Å². The van der Waals surface area contributed by atoms with Crippen molar-refractivity contribution in [1.82, 2.24) is 5.32 Å². The predicted octanol–water partition coefficient (Wildman–Crippen LogP) is 1.20. The van der Waals surface area contributed by atoms with Gasteiger partial charge >= 0.3 is 5.97 Å². The van der Waals surface area contributed by atoms with Crippen molar-refractivity contribution in [1.29, 1.82) is 0 Å². The number of hydrogen-bond donors (Lipinski definition) is 1. The molecule has 0 unspecified atom stereocenters. The maximum absolute atomic E-state index is 11.5. The second kappa shape index (κ2) is 6.91. The van der Waals surface area contributed by atoms with Gasteiger partial charge in [-0.05, 0) is 46.9 Å². The Hall–Kier alpha value is -1.55. The van der Waals surface area contributed by atoms with E-state index in [1.165, 1.54) is 0 Å². The van der Waals surface area contributed by atoms with Gasteiger partial charge in [-0.2, -0.15) is 0 Å². The average Bonchev–Trinajstić information content (AvgIpc) is 2.34. The highest BCUT2D eigenvalue weighted by atomic mass is 127. The second-order valence-electron chi connectivity index (χ2n) is 3.06. The molecule has 4 nitrogen and oxygen atoms in total. The molecule has 0 aliphatic heterocycles. The quantitative estimate of drug-likeness (QED) is 0.508. The second-order valence-corrected chi connectivity index (χ2v) is 4.31. The molecule has 0 saturated heterocycles. The first-order chi connectivity index (χ1) is 8.13. The molecule has 88 valence electrons. The summed E-state index contributed by atoms with van der Waals surface area (Å²) in [5, 5.41) is 2.39. The normalized spacial score (nSPS) is 9.18. The Kier molecular flexibility index (Phi) is 5.49. The number of esters is 1. The Bertz CT molecular complexity index is 448. The van der Waals surface area contributed by atoms with Gasteiger partial charge in [0.05, 0.1) is 12.1 Å². The first kappa shape index (κ1) is 13.5. The molecule has 5 heteroatoms. The topological polar surface area (TPSA) is 55.4 Å². The van der Waals surface area contributed by atoms with Crippen LogP contribution in [0.25, 0.3) is 0 Å². The van der Waals surface area contributed by atoms with Gasteiger partial charge in [-0.1, -0.05) is 5.92 Å². The summed E-state index contributed by atoms with van der Waals surface area (Å²) in [4.78, 5) is 22.6. The molecular weight excluding hydrogens is 333 g/mol. The summed E-state index contributed by atoms with van der Waals surface area (Å²) < 4.78 is 5.82.